The Labute approximate surface area is 160 Å². The lowest BCUT2D eigenvalue weighted by Gasteiger charge is -2.34. The molecular formula is C20H29N3O4. The van der Waals surface area contributed by atoms with Crippen molar-refractivity contribution in [2.24, 2.45) is 0 Å². The summed E-state index contributed by atoms with van der Waals surface area (Å²) in [6.45, 7) is 7.39. The lowest BCUT2D eigenvalue weighted by molar-refractivity contribution is -0.148. The van der Waals surface area contributed by atoms with Crippen molar-refractivity contribution in [3.05, 3.63) is 29.8 Å². The number of benzene rings is 1. The summed E-state index contributed by atoms with van der Waals surface area (Å²) in [6.07, 6.45) is 0.672. The van der Waals surface area contributed by atoms with Crippen LogP contribution in [-0.2, 0) is 19.1 Å². The standard InChI is InChI=1S/C20H29N3O4/c1-4-11-27-19(25)12-17-20(26)21-9-10-23(17)13-18(24)22-16-8-6-5-7-15(16)14(2)3/h5-8,14,17H,4,9-13H2,1-3H3,(H,21,26)(H,22,24). The van der Waals surface area contributed by atoms with Gasteiger partial charge in [-0.15, -0.1) is 0 Å². The average molecular weight is 375 g/mol. The maximum atomic E-state index is 12.6. The molecule has 1 atom stereocenters. The molecular weight excluding hydrogens is 346 g/mol. The first-order valence-corrected chi connectivity index (χ1v) is 9.48. The van der Waals surface area contributed by atoms with E-state index in [1.165, 1.54) is 0 Å². The predicted molar refractivity (Wildman–Crippen MR) is 103 cm³/mol. The molecule has 0 saturated carbocycles. The zero-order valence-electron chi connectivity index (χ0n) is 16.3. The van der Waals surface area contributed by atoms with Crippen LogP contribution in [0.5, 0.6) is 0 Å². The highest BCUT2D eigenvalue weighted by molar-refractivity contribution is 5.94. The monoisotopic (exact) mass is 375 g/mol. The summed E-state index contributed by atoms with van der Waals surface area (Å²) in [5.74, 6) is -0.590. The van der Waals surface area contributed by atoms with Gasteiger partial charge in [-0.3, -0.25) is 19.3 Å². The van der Waals surface area contributed by atoms with Gasteiger partial charge in [0.15, 0.2) is 0 Å². The van der Waals surface area contributed by atoms with E-state index < -0.39 is 12.0 Å². The van der Waals surface area contributed by atoms with Crippen LogP contribution in [0.25, 0.3) is 0 Å². The second-order valence-electron chi connectivity index (χ2n) is 6.99. The van der Waals surface area contributed by atoms with Crippen LogP contribution in [-0.4, -0.2) is 55.0 Å². The van der Waals surface area contributed by atoms with Gasteiger partial charge < -0.3 is 15.4 Å². The lowest BCUT2D eigenvalue weighted by atomic mass is 10.0. The molecule has 0 aliphatic carbocycles. The van der Waals surface area contributed by atoms with E-state index in [2.05, 4.69) is 24.5 Å². The molecule has 7 heteroatoms. The number of para-hydroxylation sites is 1. The zero-order chi connectivity index (χ0) is 19.8. The summed E-state index contributed by atoms with van der Waals surface area (Å²) in [6, 6.07) is 6.99. The van der Waals surface area contributed by atoms with Crippen molar-refractivity contribution in [3.8, 4) is 0 Å². The van der Waals surface area contributed by atoms with Crippen molar-refractivity contribution >= 4 is 23.5 Å². The van der Waals surface area contributed by atoms with Crippen molar-refractivity contribution in [2.45, 2.75) is 45.6 Å². The molecule has 1 aliphatic rings. The van der Waals surface area contributed by atoms with Gasteiger partial charge in [0.1, 0.15) is 6.04 Å². The summed E-state index contributed by atoms with van der Waals surface area (Å²) in [5.41, 5.74) is 1.83. The molecule has 0 bridgehead atoms. The summed E-state index contributed by atoms with van der Waals surface area (Å²) in [5, 5.41) is 5.68. The largest absolute Gasteiger partial charge is 0.466 e. The van der Waals surface area contributed by atoms with Crippen LogP contribution in [0.2, 0.25) is 0 Å². The van der Waals surface area contributed by atoms with Crippen molar-refractivity contribution in [1.29, 1.82) is 0 Å². The third kappa shape index (κ3) is 6.06. The highest BCUT2D eigenvalue weighted by atomic mass is 16.5. The van der Waals surface area contributed by atoms with Crippen LogP contribution >= 0.6 is 0 Å². The first-order valence-electron chi connectivity index (χ1n) is 9.48. The average Bonchev–Trinajstić information content (AvgIpc) is 2.63. The van der Waals surface area contributed by atoms with Crippen molar-refractivity contribution in [3.63, 3.8) is 0 Å². The minimum Gasteiger partial charge on any atom is -0.466 e. The number of carbonyl (C=O) groups is 3. The maximum Gasteiger partial charge on any atom is 0.307 e. The molecule has 1 fully saturated rings. The number of ether oxygens (including phenoxy) is 1. The van der Waals surface area contributed by atoms with Gasteiger partial charge in [0, 0.05) is 18.8 Å². The Balaban J connectivity index is 2.01. The van der Waals surface area contributed by atoms with E-state index in [0.717, 1.165) is 17.7 Å². The normalized spacial score (nSPS) is 17.5. The number of amides is 2. The fraction of sp³-hybridized carbons (Fsp3) is 0.550. The van der Waals surface area contributed by atoms with Gasteiger partial charge in [-0.25, -0.2) is 0 Å². The summed E-state index contributed by atoms with van der Waals surface area (Å²) in [7, 11) is 0. The van der Waals surface area contributed by atoms with Gasteiger partial charge in [0.25, 0.3) is 0 Å². The Morgan fingerprint density at radius 1 is 1.33 bits per heavy atom. The zero-order valence-corrected chi connectivity index (χ0v) is 16.3. The van der Waals surface area contributed by atoms with E-state index in [1.807, 2.05) is 31.2 Å². The van der Waals surface area contributed by atoms with Crippen LogP contribution in [0.15, 0.2) is 24.3 Å². The molecule has 1 unspecified atom stereocenters. The Kier molecular flexibility index (Phi) is 7.79. The van der Waals surface area contributed by atoms with Gasteiger partial charge in [-0.2, -0.15) is 0 Å². The van der Waals surface area contributed by atoms with Crippen molar-refractivity contribution in [2.75, 3.05) is 31.6 Å². The molecule has 0 spiro atoms. The van der Waals surface area contributed by atoms with Crippen molar-refractivity contribution < 1.29 is 19.1 Å². The predicted octanol–water partition coefficient (Wildman–Crippen LogP) is 1.89. The molecule has 7 nitrogen and oxygen atoms in total. The molecule has 1 aromatic rings. The summed E-state index contributed by atoms with van der Waals surface area (Å²) < 4.78 is 5.09. The second-order valence-corrected chi connectivity index (χ2v) is 6.99. The molecule has 1 aromatic carbocycles. The Morgan fingerprint density at radius 3 is 2.78 bits per heavy atom. The molecule has 148 valence electrons. The topological polar surface area (TPSA) is 87.7 Å². The molecule has 2 rings (SSSR count). The summed E-state index contributed by atoms with van der Waals surface area (Å²) in [4.78, 5) is 38.4. The quantitative estimate of drug-likeness (QED) is 0.678. The molecule has 27 heavy (non-hydrogen) atoms. The minimum absolute atomic E-state index is 0.0472. The number of hydrogen-bond donors (Lipinski definition) is 2. The van der Waals surface area contributed by atoms with Gasteiger partial charge in [0.2, 0.25) is 11.8 Å². The van der Waals surface area contributed by atoms with E-state index in [9.17, 15) is 14.4 Å². The molecule has 0 aromatic heterocycles. The first-order chi connectivity index (χ1) is 12.9. The van der Waals surface area contributed by atoms with Crippen LogP contribution in [0.4, 0.5) is 5.69 Å². The van der Waals surface area contributed by atoms with Crippen LogP contribution in [0, 0.1) is 0 Å². The van der Waals surface area contributed by atoms with Crippen LogP contribution in [0.3, 0.4) is 0 Å². The number of esters is 1. The lowest BCUT2D eigenvalue weighted by Crippen LogP contribution is -2.57. The van der Waals surface area contributed by atoms with E-state index >= 15 is 0 Å². The molecule has 1 heterocycles. The van der Waals surface area contributed by atoms with Crippen LogP contribution in [0.1, 0.15) is 45.1 Å². The number of hydrogen-bond acceptors (Lipinski definition) is 5. The molecule has 2 amide bonds. The van der Waals surface area contributed by atoms with Gasteiger partial charge in [-0.1, -0.05) is 39.0 Å². The minimum atomic E-state index is -0.686. The Morgan fingerprint density at radius 2 is 2.07 bits per heavy atom. The van der Waals surface area contributed by atoms with Crippen LogP contribution < -0.4 is 10.6 Å². The highest BCUT2D eigenvalue weighted by Gasteiger charge is 2.33. The third-order valence-corrected chi connectivity index (χ3v) is 4.47. The van der Waals surface area contributed by atoms with E-state index in [-0.39, 0.29) is 30.7 Å². The molecule has 1 aliphatic heterocycles. The molecule has 0 radical (unpaired) electrons. The fourth-order valence-corrected chi connectivity index (χ4v) is 3.09. The maximum absolute atomic E-state index is 12.6. The number of piperazine rings is 1. The third-order valence-electron chi connectivity index (χ3n) is 4.47. The van der Waals surface area contributed by atoms with Gasteiger partial charge >= 0.3 is 5.97 Å². The van der Waals surface area contributed by atoms with Gasteiger partial charge in [-0.05, 0) is 24.0 Å². The smallest absolute Gasteiger partial charge is 0.307 e. The first kappa shape index (κ1) is 20.9. The molecule has 2 N–H and O–H groups in total. The number of nitrogens with zero attached hydrogens (tertiary/aromatic N) is 1. The van der Waals surface area contributed by atoms with Crippen molar-refractivity contribution in [1.82, 2.24) is 10.2 Å². The number of rotatable bonds is 8. The fourth-order valence-electron chi connectivity index (χ4n) is 3.09. The SMILES string of the molecule is CCCOC(=O)CC1C(=O)NCCN1CC(=O)Nc1ccccc1C(C)C. The number of carbonyl (C=O) groups excluding carboxylic acids is 3. The Bertz CT molecular complexity index is 675. The number of nitrogens with one attached hydrogen (secondary N) is 2. The summed E-state index contributed by atoms with van der Waals surface area (Å²) >= 11 is 0. The highest BCUT2D eigenvalue weighted by Crippen LogP contribution is 2.23. The Hall–Kier alpha value is -2.41. The van der Waals surface area contributed by atoms with Gasteiger partial charge in [0.05, 0.1) is 19.6 Å². The molecule has 1 saturated heterocycles. The van der Waals surface area contributed by atoms with E-state index in [0.29, 0.717) is 19.7 Å². The second kappa shape index (κ2) is 10.1. The number of anilines is 1. The van der Waals surface area contributed by atoms with E-state index in [1.54, 1.807) is 4.90 Å². The van der Waals surface area contributed by atoms with E-state index in [4.69, 9.17) is 4.74 Å².